The van der Waals surface area contributed by atoms with E-state index in [1.807, 2.05) is 42.5 Å². The van der Waals surface area contributed by atoms with Crippen LogP contribution in [0.1, 0.15) is 24.0 Å². The molecule has 1 fully saturated rings. The van der Waals surface area contributed by atoms with E-state index in [4.69, 9.17) is 33.0 Å². The minimum atomic E-state index is -1.03. The van der Waals surface area contributed by atoms with Gasteiger partial charge < -0.3 is 14.7 Å². The number of thiazole rings is 1. The Labute approximate surface area is 225 Å². The third-order valence-electron chi connectivity index (χ3n) is 6.42. The number of carboxylic acid groups (broad SMARTS) is 1. The molecule has 1 spiro atoms. The molecule has 1 N–H and O–H groups in total. The van der Waals surface area contributed by atoms with Crippen molar-refractivity contribution in [1.29, 1.82) is 0 Å². The smallest absolute Gasteiger partial charge is 0.327 e. The highest BCUT2D eigenvalue weighted by molar-refractivity contribution is 7.18. The third kappa shape index (κ3) is 4.68. The third-order valence-corrected chi connectivity index (χ3v) is 8.03. The predicted molar refractivity (Wildman–Crippen MR) is 141 cm³/mol. The van der Waals surface area contributed by atoms with Crippen LogP contribution in [0.25, 0.3) is 16.3 Å². The second kappa shape index (κ2) is 9.44. The van der Waals surface area contributed by atoms with Crippen LogP contribution in [0.4, 0.5) is 5.13 Å². The Morgan fingerprint density at radius 2 is 1.97 bits per heavy atom. The van der Waals surface area contributed by atoms with Crippen LogP contribution < -0.4 is 9.64 Å². The molecular formula is C25H20Cl2N6O3S. The van der Waals surface area contributed by atoms with Gasteiger partial charge in [-0.3, -0.25) is 4.79 Å². The number of ether oxygens (including phenoxy) is 1. The van der Waals surface area contributed by atoms with E-state index in [1.54, 1.807) is 6.20 Å². The molecule has 9 nitrogen and oxygen atoms in total. The molecule has 1 saturated heterocycles. The van der Waals surface area contributed by atoms with Gasteiger partial charge in [0, 0.05) is 36.5 Å². The fraction of sp³-hybridized carbons (Fsp3) is 0.240. The molecule has 2 aromatic heterocycles. The molecule has 0 amide bonds. The quantitative estimate of drug-likeness (QED) is 0.365. The predicted octanol–water partition coefficient (Wildman–Crippen LogP) is 5.05. The molecule has 0 saturated carbocycles. The Hall–Kier alpha value is -3.47. The molecule has 37 heavy (non-hydrogen) atoms. The second-order valence-corrected chi connectivity index (χ2v) is 10.7. The number of carboxylic acids is 1. The summed E-state index contributed by atoms with van der Waals surface area (Å²) in [6.07, 6.45) is 5.40. The monoisotopic (exact) mass is 554 g/mol. The molecule has 4 aromatic rings. The summed E-state index contributed by atoms with van der Waals surface area (Å²) >= 11 is 14.4. The molecule has 188 valence electrons. The summed E-state index contributed by atoms with van der Waals surface area (Å²) in [6.45, 7) is 1.13. The van der Waals surface area contributed by atoms with Gasteiger partial charge in [-0.05, 0) is 46.7 Å². The van der Waals surface area contributed by atoms with E-state index in [0.717, 1.165) is 63.2 Å². The zero-order chi connectivity index (χ0) is 25.6. The van der Waals surface area contributed by atoms with Crippen LogP contribution in [0.5, 0.6) is 5.75 Å². The highest BCUT2D eigenvalue weighted by Crippen LogP contribution is 2.46. The van der Waals surface area contributed by atoms with Crippen LogP contribution in [0.15, 0.2) is 54.7 Å². The molecular weight excluding hydrogens is 535 g/mol. The standard InChI is InChI=1S/C25H20Cl2N6O3S/c26-16-4-1-3-15(11-16)17-12-25(36-19-6-2-5-18(27)22(17)19)7-9-32(10-8-25)24-28-13-20(37-24)23-29-31-33(30-23)14-21(34)35/h1-6,11-13H,7-10,14H2,(H,34,35). The van der Waals surface area contributed by atoms with Crippen molar-refractivity contribution in [1.82, 2.24) is 25.2 Å². The summed E-state index contributed by atoms with van der Waals surface area (Å²) < 4.78 is 6.60. The maximum absolute atomic E-state index is 10.9. The molecule has 4 heterocycles. The van der Waals surface area contributed by atoms with Gasteiger partial charge in [0.15, 0.2) is 11.7 Å². The van der Waals surface area contributed by atoms with E-state index >= 15 is 0 Å². The van der Waals surface area contributed by atoms with Gasteiger partial charge >= 0.3 is 5.97 Å². The SMILES string of the molecule is O=C(O)Cn1nnc(-c2cnc(N3CCC4(C=C(c5cccc(Cl)c5)c5c(Cl)cccc5O4)CC3)s2)n1. The number of carbonyl (C=O) groups is 1. The van der Waals surface area contributed by atoms with Crippen molar-refractivity contribution >= 4 is 51.2 Å². The number of tetrazole rings is 1. The first-order valence-electron chi connectivity index (χ1n) is 11.6. The summed E-state index contributed by atoms with van der Waals surface area (Å²) in [5.41, 5.74) is 2.43. The van der Waals surface area contributed by atoms with Crippen molar-refractivity contribution < 1.29 is 14.6 Å². The maximum atomic E-state index is 10.9. The average Bonchev–Trinajstić information content (AvgIpc) is 3.54. The largest absolute Gasteiger partial charge is 0.482 e. The molecule has 0 unspecified atom stereocenters. The van der Waals surface area contributed by atoms with Gasteiger partial charge in [0.05, 0.1) is 16.1 Å². The summed E-state index contributed by atoms with van der Waals surface area (Å²) in [7, 11) is 0. The van der Waals surface area contributed by atoms with Gasteiger partial charge in [-0.25, -0.2) is 4.98 Å². The van der Waals surface area contributed by atoms with Crippen molar-refractivity contribution in [2.45, 2.75) is 25.0 Å². The maximum Gasteiger partial charge on any atom is 0.327 e. The Kier molecular flexibility index (Phi) is 6.10. The first-order valence-corrected chi connectivity index (χ1v) is 13.1. The minimum absolute atomic E-state index is 0.341. The lowest BCUT2D eigenvalue weighted by molar-refractivity contribution is -0.138. The number of hydrogen-bond donors (Lipinski definition) is 1. The van der Waals surface area contributed by atoms with E-state index in [-0.39, 0.29) is 6.54 Å². The molecule has 2 aromatic carbocycles. The van der Waals surface area contributed by atoms with Crippen LogP contribution in [-0.4, -0.2) is 55.0 Å². The van der Waals surface area contributed by atoms with Crippen molar-refractivity contribution in [2.24, 2.45) is 0 Å². The number of fused-ring (bicyclic) bond motifs is 1. The fourth-order valence-corrected chi connectivity index (χ4v) is 6.04. The van der Waals surface area contributed by atoms with Crippen LogP contribution >= 0.6 is 34.5 Å². The lowest BCUT2D eigenvalue weighted by Crippen LogP contribution is -2.48. The molecule has 12 heteroatoms. The molecule has 2 aliphatic heterocycles. The zero-order valence-corrected chi connectivity index (χ0v) is 21.7. The fourth-order valence-electron chi connectivity index (χ4n) is 4.69. The first-order chi connectivity index (χ1) is 17.9. The number of hydrogen-bond acceptors (Lipinski definition) is 8. The molecule has 0 aliphatic carbocycles. The van der Waals surface area contributed by atoms with Crippen molar-refractivity contribution in [3.63, 3.8) is 0 Å². The Bertz CT molecular complexity index is 1530. The normalized spacial score (nSPS) is 16.3. The van der Waals surface area contributed by atoms with Gasteiger partial charge in [-0.15, -0.1) is 10.2 Å². The van der Waals surface area contributed by atoms with E-state index in [9.17, 15) is 4.79 Å². The number of nitrogens with zero attached hydrogens (tertiary/aromatic N) is 6. The van der Waals surface area contributed by atoms with Crippen LogP contribution in [0.3, 0.4) is 0 Å². The number of benzene rings is 2. The number of aliphatic carboxylic acids is 1. The number of halogens is 2. The first kappa shape index (κ1) is 23.9. The van der Waals surface area contributed by atoms with Crippen molar-refractivity contribution in [2.75, 3.05) is 18.0 Å². The van der Waals surface area contributed by atoms with Crippen LogP contribution in [0, 0.1) is 0 Å². The van der Waals surface area contributed by atoms with Crippen LogP contribution in [-0.2, 0) is 11.3 Å². The molecule has 6 rings (SSSR count). The van der Waals surface area contributed by atoms with E-state index < -0.39 is 11.6 Å². The number of piperidine rings is 1. The van der Waals surface area contributed by atoms with Crippen LogP contribution in [0.2, 0.25) is 10.0 Å². The summed E-state index contributed by atoms with van der Waals surface area (Å²) in [6, 6.07) is 13.5. The van der Waals surface area contributed by atoms with E-state index in [0.29, 0.717) is 15.9 Å². The van der Waals surface area contributed by atoms with E-state index in [1.165, 1.54) is 11.3 Å². The zero-order valence-electron chi connectivity index (χ0n) is 19.3. The minimum Gasteiger partial charge on any atom is -0.482 e. The highest BCUT2D eigenvalue weighted by Gasteiger charge is 2.40. The molecule has 0 bridgehead atoms. The highest BCUT2D eigenvalue weighted by atomic mass is 35.5. The topological polar surface area (TPSA) is 106 Å². The van der Waals surface area contributed by atoms with Gasteiger partial charge in [0.25, 0.3) is 0 Å². The lowest BCUT2D eigenvalue weighted by Gasteiger charge is -2.43. The van der Waals surface area contributed by atoms with Gasteiger partial charge in [0.2, 0.25) is 5.82 Å². The second-order valence-electron chi connectivity index (χ2n) is 8.88. The van der Waals surface area contributed by atoms with Crippen molar-refractivity contribution in [3.05, 3.63) is 75.9 Å². The Balaban J connectivity index is 1.24. The molecule has 2 aliphatic rings. The Morgan fingerprint density at radius 3 is 2.76 bits per heavy atom. The van der Waals surface area contributed by atoms with Gasteiger partial charge in [-0.1, -0.05) is 52.7 Å². The number of rotatable bonds is 5. The van der Waals surface area contributed by atoms with Gasteiger partial charge in [-0.2, -0.15) is 4.80 Å². The number of aromatic nitrogens is 5. The molecule has 0 radical (unpaired) electrons. The summed E-state index contributed by atoms with van der Waals surface area (Å²) in [5.74, 6) is 0.0979. The summed E-state index contributed by atoms with van der Waals surface area (Å²) in [4.78, 5) is 19.4. The number of anilines is 1. The average molecular weight is 555 g/mol. The van der Waals surface area contributed by atoms with Gasteiger partial charge in [0.1, 0.15) is 11.4 Å². The van der Waals surface area contributed by atoms with Crippen molar-refractivity contribution in [3.8, 4) is 16.5 Å². The summed E-state index contributed by atoms with van der Waals surface area (Å²) in [5, 5.41) is 23.0. The lowest BCUT2D eigenvalue weighted by atomic mass is 9.83. The molecule has 0 atom stereocenters. The Morgan fingerprint density at radius 1 is 1.16 bits per heavy atom. The van der Waals surface area contributed by atoms with E-state index in [2.05, 4.69) is 31.4 Å².